The quantitative estimate of drug-likeness (QED) is 0.523. The van der Waals surface area contributed by atoms with Crippen LogP contribution in [0.25, 0.3) is 0 Å². The molecule has 0 bridgehead atoms. The first-order valence-electron chi connectivity index (χ1n) is 6.97. The number of halogens is 1. The van der Waals surface area contributed by atoms with Crippen molar-refractivity contribution in [1.29, 1.82) is 0 Å². The molecule has 0 atom stereocenters. The van der Waals surface area contributed by atoms with E-state index in [1.165, 1.54) is 0 Å². The fourth-order valence-corrected chi connectivity index (χ4v) is 2.26. The fraction of sp³-hybridized carbons (Fsp3) is 0.294. The maximum atomic E-state index is 12.4. The maximum absolute atomic E-state index is 12.4. The molecule has 5 nitrogen and oxygen atoms in total. The molecule has 0 fully saturated rings. The number of methoxy groups -OCH3 is 2. The summed E-state index contributed by atoms with van der Waals surface area (Å²) in [5, 5.41) is 2.92. The Hall–Kier alpha value is -1.83. The summed E-state index contributed by atoms with van der Waals surface area (Å²) in [6.07, 6.45) is 0. The Morgan fingerprint density at radius 3 is 2.30 bits per heavy atom. The normalized spacial score (nSPS) is 9.78. The number of benzene rings is 1. The first kappa shape index (κ1) is 19.2. The van der Waals surface area contributed by atoms with Crippen LogP contribution in [0.2, 0.25) is 0 Å². The topological polar surface area (TPSA) is 51.4 Å². The third-order valence-corrected chi connectivity index (χ3v) is 3.58. The second kappa shape index (κ2) is 8.14. The summed E-state index contributed by atoms with van der Waals surface area (Å²) in [4.78, 5) is 12.4. The SMILES string of the molecule is COc1ccc(C(=O)Nc2cc(C)cc(C)[n+]2C)cc1OC.[I-]. The van der Waals surface area contributed by atoms with E-state index >= 15 is 0 Å². The lowest BCUT2D eigenvalue weighted by atomic mass is 10.2. The van der Waals surface area contributed by atoms with Crippen LogP contribution in [-0.2, 0) is 7.05 Å². The summed E-state index contributed by atoms with van der Waals surface area (Å²) in [7, 11) is 5.02. The molecule has 0 saturated heterocycles. The van der Waals surface area contributed by atoms with Gasteiger partial charge in [0.15, 0.2) is 11.5 Å². The van der Waals surface area contributed by atoms with Gasteiger partial charge in [-0.2, -0.15) is 0 Å². The van der Waals surface area contributed by atoms with E-state index in [2.05, 4.69) is 11.4 Å². The second-order valence-corrected chi connectivity index (χ2v) is 5.14. The molecule has 0 aliphatic rings. The van der Waals surface area contributed by atoms with Gasteiger partial charge in [-0.1, -0.05) is 0 Å². The van der Waals surface area contributed by atoms with Crippen molar-refractivity contribution in [1.82, 2.24) is 0 Å². The molecule has 23 heavy (non-hydrogen) atoms. The molecule has 0 radical (unpaired) electrons. The highest BCUT2D eigenvalue weighted by atomic mass is 127. The van der Waals surface area contributed by atoms with E-state index in [1.54, 1.807) is 32.4 Å². The number of aromatic nitrogens is 1. The molecule has 1 amide bonds. The molecule has 2 aromatic rings. The first-order chi connectivity index (χ1) is 10.5. The van der Waals surface area contributed by atoms with Crippen LogP contribution in [0, 0.1) is 13.8 Å². The van der Waals surface area contributed by atoms with Gasteiger partial charge < -0.3 is 33.5 Å². The molecule has 6 heteroatoms. The van der Waals surface area contributed by atoms with Gasteiger partial charge in [-0.25, -0.2) is 14.7 Å². The van der Waals surface area contributed by atoms with Gasteiger partial charge in [0, 0.05) is 6.07 Å². The highest BCUT2D eigenvalue weighted by molar-refractivity contribution is 6.03. The minimum atomic E-state index is -0.193. The predicted octanol–water partition coefficient (Wildman–Crippen LogP) is -0.599. The van der Waals surface area contributed by atoms with Crippen LogP contribution in [0.5, 0.6) is 11.5 Å². The number of anilines is 1. The molecule has 0 spiro atoms. The number of carbonyl (C=O) groups excluding carboxylic acids is 1. The molecule has 1 aromatic carbocycles. The van der Waals surface area contributed by atoms with Crippen molar-refractivity contribution in [2.45, 2.75) is 13.8 Å². The zero-order valence-electron chi connectivity index (χ0n) is 13.9. The Labute approximate surface area is 153 Å². The molecule has 1 aromatic heterocycles. The van der Waals surface area contributed by atoms with Gasteiger partial charge in [0.2, 0.25) is 0 Å². The molecule has 124 valence electrons. The first-order valence-corrected chi connectivity index (χ1v) is 6.97. The third kappa shape index (κ3) is 4.34. The Bertz CT molecular complexity index is 717. The van der Waals surface area contributed by atoms with Crippen LogP contribution in [0.15, 0.2) is 30.3 Å². The number of hydrogen-bond donors (Lipinski definition) is 1. The van der Waals surface area contributed by atoms with Crippen LogP contribution in [0.4, 0.5) is 5.82 Å². The van der Waals surface area contributed by atoms with Gasteiger partial charge in [0.05, 0.1) is 26.8 Å². The molecular formula is C17H21IN2O3. The molecule has 0 aliphatic carbocycles. The Balaban J connectivity index is 0.00000264. The molecule has 1 heterocycles. The summed E-state index contributed by atoms with van der Waals surface area (Å²) in [6, 6.07) is 9.09. The van der Waals surface area contributed by atoms with Gasteiger partial charge in [-0.3, -0.25) is 0 Å². The number of pyridine rings is 1. The Kier molecular flexibility index (Phi) is 6.80. The zero-order chi connectivity index (χ0) is 16.3. The van der Waals surface area contributed by atoms with Crippen LogP contribution < -0.4 is 43.3 Å². The van der Waals surface area contributed by atoms with E-state index in [1.807, 2.05) is 31.5 Å². The standard InChI is InChI=1S/C17H20N2O3.HI/c1-11-8-12(2)19(3)16(9-11)18-17(20)13-6-7-14(21-4)15(10-13)22-5;/h6-10H,1-5H3;1H. The molecule has 1 N–H and O–H groups in total. The summed E-state index contributed by atoms with van der Waals surface area (Å²) in [5.74, 6) is 1.68. The van der Waals surface area contributed by atoms with Crippen molar-refractivity contribution in [3.05, 3.63) is 47.2 Å². The number of ether oxygens (including phenoxy) is 2. The molecular weight excluding hydrogens is 407 g/mol. The zero-order valence-corrected chi connectivity index (χ0v) is 16.1. The van der Waals surface area contributed by atoms with Gasteiger partial charge in [0.25, 0.3) is 5.82 Å². The smallest absolute Gasteiger partial charge is 0.339 e. The second-order valence-electron chi connectivity index (χ2n) is 5.14. The monoisotopic (exact) mass is 428 g/mol. The number of aryl methyl sites for hydroxylation is 2. The third-order valence-electron chi connectivity index (χ3n) is 3.58. The van der Waals surface area contributed by atoms with E-state index in [-0.39, 0.29) is 29.9 Å². The van der Waals surface area contributed by atoms with E-state index < -0.39 is 0 Å². The van der Waals surface area contributed by atoms with Crippen molar-refractivity contribution in [3.8, 4) is 11.5 Å². The summed E-state index contributed by atoms with van der Waals surface area (Å²) in [5.41, 5.74) is 2.68. The van der Waals surface area contributed by atoms with Crippen LogP contribution >= 0.6 is 0 Å². The minimum Gasteiger partial charge on any atom is -1.00 e. The largest absolute Gasteiger partial charge is 1.00 e. The van der Waals surface area contributed by atoms with Crippen molar-refractivity contribution < 1.29 is 42.8 Å². The van der Waals surface area contributed by atoms with Crippen LogP contribution in [-0.4, -0.2) is 20.1 Å². The van der Waals surface area contributed by atoms with Gasteiger partial charge in [-0.15, -0.1) is 0 Å². The van der Waals surface area contributed by atoms with Crippen LogP contribution in [0.1, 0.15) is 21.6 Å². The fourth-order valence-electron chi connectivity index (χ4n) is 2.26. The van der Waals surface area contributed by atoms with Gasteiger partial charge in [-0.05, 0) is 43.7 Å². The number of hydrogen-bond acceptors (Lipinski definition) is 3. The highest BCUT2D eigenvalue weighted by Gasteiger charge is 2.18. The molecule has 0 saturated carbocycles. The van der Waals surface area contributed by atoms with E-state index in [0.717, 1.165) is 17.1 Å². The van der Waals surface area contributed by atoms with Crippen molar-refractivity contribution in [3.63, 3.8) is 0 Å². The molecule has 0 unspecified atom stereocenters. The van der Waals surface area contributed by atoms with E-state index in [0.29, 0.717) is 17.1 Å². The number of rotatable bonds is 4. The van der Waals surface area contributed by atoms with Crippen molar-refractivity contribution >= 4 is 11.7 Å². The van der Waals surface area contributed by atoms with Crippen LogP contribution in [0.3, 0.4) is 0 Å². The van der Waals surface area contributed by atoms with Crippen molar-refractivity contribution in [2.24, 2.45) is 7.05 Å². The maximum Gasteiger partial charge on any atom is 0.339 e. The lowest BCUT2D eigenvalue weighted by Crippen LogP contribution is -3.00. The van der Waals surface area contributed by atoms with Gasteiger partial charge in [0.1, 0.15) is 5.69 Å². The Morgan fingerprint density at radius 1 is 1.04 bits per heavy atom. The lowest BCUT2D eigenvalue weighted by Gasteiger charge is -2.09. The molecule has 2 rings (SSSR count). The van der Waals surface area contributed by atoms with E-state index in [4.69, 9.17) is 9.47 Å². The average Bonchev–Trinajstić information content (AvgIpc) is 2.51. The lowest BCUT2D eigenvalue weighted by molar-refractivity contribution is -0.663. The number of carbonyl (C=O) groups is 1. The summed E-state index contributed by atoms with van der Waals surface area (Å²) < 4.78 is 12.3. The van der Waals surface area contributed by atoms with Crippen molar-refractivity contribution in [2.75, 3.05) is 19.5 Å². The number of nitrogens with zero attached hydrogens (tertiary/aromatic N) is 1. The number of nitrogens with one attached hydrogen (secondary N) is 1. The van der Waals surface area contributed by atoms with E-state index in [9.17, 15) is 4.79 Å². The predicted molar refractivity (Wildman–Crippen MR) is 84.6 cm³/mol. The number of amides is 1. The highest BCUT2D eigenvalue weighted by Crippen LogP contribution is 2.27. The van der Waals surface area contributed by atoms with Gasteiger partial charge >= 0.3 is 5.91 Å². The summed E-state index contributed by atoms with van der Waals surface area (Å²) >= 11 is 0. The minimum absolute atomic E-state index is 0. The molecule has 0 aliphatic heterocycles. The average molecular weight is 428 g/mol. The summed E-state index contributed by atoms with van der Waals surface area (Å²) in [6.45, 7) is 4.00. The Morgan fingerprint density at radius 2 is 1.70 bits per heavy atom.